The van der Waals surface area contributed by atoms with Crippen molar-refractivity contribution in [2.75, 3.05) is 6.54 Å². The second-order valence-corrected chi connectivity index (χ2v) is 5.63. The topological polar surface area (TPSA) is 38.3 Å². The van der Waals surface area contributed by atoms with Crippen molar-refractivity contribution in [2.24, 2.45) is 0 Å². The predicted octanol–water partition coefficient (Wildman–Crippen LogP) is 3.77. The van der Waals surface area contributed by atoms with Crippen molar-refractivity contribution in [1.82, 2.24) is 5.32 Å². The Morgan fingerprint density at radius 3 is 2.55 bits per heavy atom. The third-order valence-electron chi connectivity index (χ3n) is 3.39. The zero-order chi connectivity index (χ0) is 15.9. The smallest absolute Gasteiger partial charge is 0.260 e. The van der Waals surface area contributed by atoms with Gasteiger partial charge in [0.2, 0.25) is 0 Å². The van der Waals surface area contributed by atoms with Crippen LogP contribution in [0.4, 0.5) is 0 Å². The van der Waals surface area contributed by atoms with E-state index in [0.717, 1.165) is 23.3 Å². The van der Waals surface area contributed by atoms with Crippen LogP contribution in [-0.4, -0.2) is 18.6 Å². The van der Waals surface area contributed by atoms with E-state index in [1.54, 1.807) is 6.92 Å². The predicted molar refractivity (Wildman–Crippen MR) is 89.4 cm³/mol. The second kappa shape index (κ2) is 7.85. The summed E-state index contributed by atoms with van der Waals surface area (Å²) in [4.78, 5) is 12.0. The Morgan fingerprint density at radius 1 is 1.18 bits per heavy atom. The molecule has 2 aromatic rings. The van der Waals surface area contributed by atoms with E-state index in [1.807, 2.05) is 55.5 Å². The number of para-hydroxylation sites is 1. The van der Waals surface area contributed by atoms with Gasteiger partial charge in [0.1, 0.15) is 5.75 Å². The summed E-state index contributed by atoms with van der Waals surface area (Å²) in [5, 5.41) is 3.60. The molecule has 116 valence electrons. The molecule has 1 atom stereocenters. The number of halogens is 1. The number of aryl methyl sites for hydroxylation is 1. The molecule has 0 spiro atoms. The summed E-state index contributed by atoms with van der Waals surface area (Å²) in [7, 11) is 0. The average molecular weight is 318 g/mol. The van der Waals surface area contributed by atoms with Gasteiger partial charge in [-0.1, -0.05) is 41.9 Å². The molecule has 0 fully saturated rings. The first-order chi connectivity index (χ1) is 10.6. The maximum Gasteiger partial charge on any atom is 0.260 e. The summed E-state index contributed by atoms with van der Waals surface area (Å²) < 4.78 is 5.70. The lowest BCUT2D eigenvalue weighted by atomic mass is 10.1. The molecular weight excluding hydrogens is 298 g/mol. The van der Waals surface area contributed by atoms with Crippen LogP contribution in [0.15, 0.2) is 48.5 Å². The monoisotopic (exact) mass is 317 g/mol. The molecule has 1 unspecified atom stereocenters. The summed E-state index contributed by atoms with van der Waals surface area (Å²) in [6.07, 6.45) is 0.242. The molecule has 1 N–H and O–H groups in total. The zero-order valence-electron chi connectivity index (χ0n) is 12.8. The minimum Gasteiger partial charge on any atom is -0.481 e. The SMILES string of the molecule is Cc1ccccc1OC(C)C(=O)NCCc1ccc(Cl)cc1. The molecule has 2 aromatic carbocycles. The molecule has 0 radical (unpaired) electrons. The normalized spacial score (nSPS) is 11.8. The molecular formula is C18H20ClNO2. The fraction of sp³-hybridized carbons (Fsp3) is 0.278. The first kappa shape index (κ1) is 16.4. The molecule has 0 bridgehead atoms. The Kier molecular flexibility index (Phi) is 5.84. The highest BCUT2D eigenvalue weighted by molar-refractivity contribution is 6.30. The van der Waals surface area contributed by atoms with E-state index < -0.39 is 6.10 Å². The van der Waals surface area contributed by atoms with Crippen molar-refractivity contribution < 1.29 is 9.53 Å². The largest absolute Gasteiger partial charge is 0.481 e. The van der Waals surface area contributed by atoms with Crippen molar-refractivity contribution in [3.05, 3.63) is 64.7 Å². The molecule has 22 heavy (non-hydrogen) atoms. The highest BCUT2D eigenvalue weighted by Gasteiger charge is 2.14. The summed E-state index contributed by atoms with van der Waals surface area (Å²) in [5.41, 5.74) is 2.15. The van der Waals surface area contributed by atoms with Gasteiger partial charge in [-0.15, -0.1) is 0 Å². The van der Waals surface area contributed by atoms with E-state index in [9.17, 15) is 4.79 Å². The maximum absolute atomic E-state index is 12.0. The Morgan fingerprint density at radius 2 is 1.86 bits per heavy atom. The highest BCUT2D eigenvalue weighted by Crippen LogP contribution is 2.17. The van der Waals surface area contributed by atoms with E-state index in [1.165, 1.54) is 0 Å². The van der Waals surface area contributed by atoms with Crippen molar-refractivity contribution >= 4 is 17.5 Å². The molecule has 0 aliphatic carbocycles. The van der Waals surface area contributed by atoms with Crippen LogP contribution < -0.4 is 10.1 Å². The number of rotatable bonds is 6. The summed E-state index contributed by atoms with van der Waals surface area (Å²) in [5.74, 6) is 0.625. The highest BCUT2D eigenvalue weighted by atomic mass is 35.5. The molecule has 0 aromatic heterocycles. The number of carbonyl (C=O) groups is 1. The van der Waals surface area contributed by atoms with Crippen LogP contribution in [0.25, 0.3) is 0 Å². The lowest BCUT2D eigenvalue weighted by Crippen LogP contribution is -2.37. The number of hydrogen-bond donors (Lipinski definition) is 1. The maximum atomic E-state index is 12.0. The van der Waals surface area contributed by atoms with Crippen molar-refractivity contribution in [1.29, 1.82) is 0 Å². The van der Waals surface area contributed by atoms with E-state index in [2.05, 4.69) is 5.32 Å². The van der Waals surface area contributed by atoms with Gasteiger partial charge in [-0.05, 0) is 49.6 Å². The minimum atomic E-state index is -0.522. The van der Waals surface area contributed by atoms with Crippen LogP contribution in [0.3, 0.4) is 0 Å². The fourth-order valence-electron chi connectivity index (χ4n) is 2.06. The Bertz CT molecular complexity index is 625. The molecule has 3 nitrogen and oxygen atoms in total. The lowest BCUT2D eigenvalue weighted by molar-refractivity contribution is -0.127. The Labute approximate surface area is 136 Å². The van der Waals surface area contributed by atoms with E-state index in [0.29, 0.717) is 11.6 Å². The van der Waals surface area contributed by atoms with Gasteiger partial charge in [0, 0.05) is 11.6 Å². The molecule has 1 amide bonds. The zero-order valence-corrected chi connectivity index (χ0v) is 13.6. The van der Waals surface area contributed by atoms with Gasteiger partial charge in [0.25, 0.3) is 5.91 Å². The lowest BCUT2D eigenvalue weighted by Gasteiger charge is -2.16. The number of hydrogen-bond acceptors (Lipinski definition) is 2. The second-order valence-electron chi connectivity index (χ2n) is 5.19. The van der Waals surface area contributed by atoms with Crippen LogP contribution in [-0.2, 0) is 11.2 Å². The van der Waals surface area contributed by atoms with Gasteiger partial charge in [-0.3, -0.25) is 4.79 Å². The van der Waals surface area contributed by atoms with Crippen LogP contribution >= 0.6 is 11.6 Å². The first-order valence-electron chi connectivity index (χ1n) is 7.30. The van der Waals surface area contributed by atoms with Gasteiger partial charge >= 0.3 is 0 Å². The minimum absolute atomic E-state index is 0.114. The van der Waals surface area contributed by atoms with Crippen LogP contribution in [0, 0.1) is 6.92 Å². The first-order valence-corrected chi connectivity index (χ1v) is 7.68. The van der Waals surface area contributed by atoms with E-state index in [-0.39, 0.29) is 5.91 Å². The quantitative estimate of drug-likeness (QED) is 0.880. The number of ether oxygens (including phenoxy) is 1. The summed E-state index contributed by atoms with van der Waals surface area (Å²) in [6, 6.07) is 15.3. The number of nitrogens with one attached hydrogen (secondary N) is 1. The summed E-state index contributed by atoms with van der Waals surface area (Å²) in [6.45, 7) is 4.28. The van der Waals surface area contributed by atoms with Gasteiger partial charge < -0.3 is 10.1 Å². The fourth-order valence-corrected chi connectivity index (χ4v) is 2.18. The molecule has 2 rings (SSSR count). The van der Waals surface area contributed by atoms with Gasteiger partial charge in [0.05, 0.1) is 0 Å². The number of benzene rings is 2. The van der Waals surface area contributed by atoms with Crippen LogP contribution in [0.2, 0.25) is 5.02 Å². The molecule has 4 heteroatoms. The Balaban J connectivity index is 1.79. The number of carbonyl (C=O) groups excluding carboxylic acids is 1. The van der Waals surface area contributed by atoms with E-state index in [4.69, 9.17) is 16.3 Å². The van der Waals surface area contributed by atoms with Crippen molar-refractivity contribution in [2.45, 2.75) is 26.4 Å². The van der Waals surface area contributed by atoms with Gasteiger partial charge in [-0.2, -0.15) is 0 Å². The molecule has 0 heterocycles. The third kappa shape index (κ3) is 4.78. The molecule has 0 aliphatic rings. The summed E-state index contributed by atoms with van der Waals surface area (Å²) >= 11 is 5.84. The van der Waals surface area contributed by atoms with Gasteiger partial charge in [0.15, 0.2) is 6.10 Å². The average Bonchev–Trinajstić information content (AvgIpc) is 2.51. The standard InChI is InChI=1S/C18H20ClNO2/c1-13-5-3-4-6-17(13)22-14(2)18(21)20-12-11-15-7-9-16(19)10-8-15/h3-10,14H,11-12H2,1-2H3,(H,20,21). The molecule has 0 saturated heterocycles. The van der Waals surface area contributed by atoms with E-state index >= 15 is 0 Å². The van der Waals surface area contributed by atoms with Crippen molar-refractivity contribution in [3.8, 4) is 5.75 Å². The van der Waals surface area contributed by atoms with Crippen LogP contribution in [0.1, 0.15) is 18.1 Å². The molecule has 0 aliphatic heterocycles. The molecule has 0 saturated carbocycles. The van der Waals surface area contributed by atoms with Gasteiger partial charge in [-0.25, -0.2) is 0 Å². The number of amides is 1. The third-order valence-corrected chi connectivity index (χ3v) is 3.64. The van der Waals surface area contributed by atoms with Crippen LogP contribution in [0.5, 0.6) is 5.75 Å². The Hall–Kier alpha value is -2.00. The van der Waals surface area contributed by atoms with Crippen molar-refractivity contribution in [3.63, 3.8) is 0 Å².